The fourth-order valence-electron chi connectivity index (χ4n) is 2.28. The molecule has 0 bridgehead atoms. The maximum Gasteiger partial charge on any atom is 0.312 e. The molecule has 0 aromatic heterocycles. The molecule has 1 aliphatic heterocycles. The molecule has 104 valence electrons. The lowest BCUT2D eigenvalue weighted by atomic mass is 9.90. The number of carbonyl (C=O) groups excluding carboxylic acids is 1. The van der Waals surface area contributed by atoms with Crippen molar-refractivity contribution in [2.24, 2.45) is 0 Å². The highest BCUT2D eigenvalue weighted by atomic mass is 32.2. The van der Waals surface area contributed by atoms with Crippen molar-refractivity contribution < 1.29 is 14.7 Å². The Morgan fingerprint density at radius 2 is 2.20 bits per heavy atom. The molecular weight excluding hydrogens is 276 g/mol. The van der Waals surface area contributed by atoms with Crippen LogP contribution in [0.15, 0.2) is 24.3 Å². The monoisotopic (exact) mass is 290 g/mol. The number of carbonyl (C=O) groups is 2. The molecule has 0 saturated heterocycles. The lowest BCUT2D eigenvalue weighted by Crippen LogP contribution is -2.41. The Kier molecular flexibility index (Phi) is 4.64. The minimum atomic E-state index is -0.917. The van der Waals surface area contributed by atoms with Gasteiger partial charge in [-0.25, -0.2) is 0 Å². The Labute approximate surface area is 121 Å². The van der Waals surface area contributed by atoms with Crippen LogP contribution in [0.5, 0.6) is 0 Å². The molecule has 1 atom stereocenters. The third-order valence-electron chi connectivity index (χ3n) is 3.24. The molecule has 1 amide bonds. The number of amides is 1. The van der Waals surface area contributed by atoms with E-state index in [0.29, 0.717) is 6.54 Å². The van der Waals surface area contributed by atoms with Crippen molar-refractivity contribution in [1.29, 1.82) is 5.26 Å². The largest absolute Gasteiger partial charge is 0.481 e. The van der Waals surface area contributed by atoms with Crippen LogP contribution in [-0.4, -0.2) is 39.9 Å². The summed E-state index contributed by atoms with van der Waals surface area (Å²) in [7, 11) is 0. The predicted octanol–water partition coefficient (Wildman–Crippen LogP) is 1.45. The van der Waals surface area contributed by atoms with E-state index in [-0.39, 0.29) is 24.0 Å². The zero-order valence-corrected chi connectivity index (χ0v) is 11.6. The maximum absolute atomic E-state index is 12.1. The van der Waals surface area contributed by atoms with Crippen LogP contribution in [-0.2, 0) is 16.1 Å². The van der Waals surface area contributed by atoms with Gasteiger partial charge in [-0.1, -0.05) is 24.3 Å². The van der Waals surface area contributed by atoms with Gasteiger partial charge in [0, 0.05) is 13.1 Å². The number of hydrogen-bond donors (Lipinski definition) is 1. The summed E-state index contributed by atoms with van der Waals surface area (Å²) < 4.78 is 0. The first-order valence-corrected chi connectivity index (χ1v) is 7.32. The summed E-state index contributed by atoms with van der Waals surface area (Å²) in [5.74, 6) is -1.24. The molecule has 1 heterocycles. The van der Waals surface area contributed by atoms with Gasteiger partial charge in [0.25, 0.3) is 0 Å². The van der Waals surface area contributed by atoms with E-state index in [1.54, 1.807) is 11.0 Å². The summed E-state index contributed by atoms with van der Waals surface area (Å²) in [4.78, 5) is 25.0. The second-order valence-corrected chi connectivity index (χ2v) is 5.50. The second kappa shape index (κ2) is 6.44. The molecule has 6 heteroatoms. The van der Waals surface area contributed by atoms with Crippen LogP contribution in [0.2, 0.25) is 0 Å². The van der Waals surface area contributed by atoms with Crippen molar-refractivity contribution in [1.82, 2.24) is 4.90 Å². The van der Waals surface area contributed by atoms with Crippen LogP contribution in [0.4, 0.5) is 0 Å². The van der Waals surface area contributed by atoms with E-state index < -0.39 is 11.9 Å². The fraction of sp³-hybridized carbons (Fsp3) is 0.357. The van der Waals surface area contributed by atoms with Gasteiger partial charge in [0.1, 0.15) is 0 Å². The Morgan fingerprint density at radius 1 is 1.45 bits per heavy atom. The molecule has 20 heavy (non-hydrogen) atoms. The first-order chi connectivity index (χ1) is 9.63. The summed E-state index contributed by atoms with van der Waals surface area (Å²) >= 11 is 1.25. The van der Waals surface area contributed by atoms with Gasteiger partial charge in [0.2, 0.25) is 5.91 Å². The number of aliphatic carboxylic acids is 1. The fourth-order valence-corrected chi connectivity index (χ4v) is 2.83. The van der Waals surface area contributed by atoms with Gasteiger partial charge < -0.3 is 10.0 Å². The molecule has 1 aromatic carbocycles. The number of hydrogen-bond acceptors (Lipinski definition) is 4. The molecule has 2 rings (SSSR count). The van der Waals surface area contributed by atoms with Crippen molar-refractivity contribution in [3.63, 3.8) is 0 Å². The zero-order valence-electron chi connectivity index (χ0n) is 10.8. The van der Waals surface area contributed by atoms with Crippen molar-refractivity contribution in [2.75, 3.05) is 18.1 Å². The van der Waals surface area contributed by atoms with Gasteiger partial charge in [-0.15, -0.1) is 11.8 Å². The van der Waals surface area contributed by atoms with E-state index in [0.717, 1.165) is 11.1 Å². The van der Waals surface area contributed by atoms with Gasteiger partial charge in [0.05, 0.1) is 23.5 Å². The first kappa shape index (κ1) is 14.4. The minimum Gasteiger partial charge on any atom is -0.481 e. The molecule has 1 N–H and O–H groups in total. The average molecular weight is 290 g/mol. The van der Waals surface area contributed by atoms with E-state index in [1.807, 2.05) is 24.3 Å². The number of fused-ring (bicyclic) bond motifs is 1. The molecule has 1 unspecified atom stereocenters. The highest BCUT2D eigenvalue weighted by molar-refractivity contribution is 8.00. The Bertz CT molecular complexity index is 568. The molecule has 1 aromatic rings. The molecule has 0 spiro atoms. The predicted molar refractivity (Wildman–Crippen MR) is 75.2 cm³/mol. The average Bonchev–Trinajstić information content (AvgIpc) is 2.46. The quantitative estimate of drug-likeness (QED) is 0.849. The van der Waals surface area contributed by atoms with E-state index >= 15 is 0 Å². The second-order valence-electron chi connectivity index (χ2n) is 4.51. The van der Waals surface area contributed by atoms with Crippen LogP contribution in [0.1, 0.15) is 17.0 Å². The van der Waals surface area contributed by atoms with Crippen LogP contribution >= 0.6 is 11.8 Å². The number of rotatable bonds is 4. The zero-order chi connectivity index (χ0) is 14.5. The standard InChI is InChI=1S/C14H14N2O3S/c15-5-6-20-9-13(17)16-7-10-3-1-2-4-11(10)12(8-16)14(18)19/h1-4,12H,6-9H2,(H,18,19). The SMILES string of the molecule is N#CCSCC(=O)N1Cc2ccccc2C(C(=O)O)C1. The van der Waals surface area contributed by atoms with Gasteiger partial charge in [0.15, 0.2) is 0 Å². The van der Waals surface area contributed by atoms with Crippen LogP contribution < -0.4 is 0 Å². The first-order valence-electron chi connectivity index (χ1n) is 6.16. The lowest BCUT2D eigenvalue weighted by molar-refractivity contribution is -0.140. The van der Waals surface area contributed by atoms with Gasteiger partial charge in [-0.2, -0.15) is 5.26 Å². The summed E-state index contributed by atoms with van der Waals surface area (Å²) in [6.07, 6.45) is 0. The van der Waals surface area contributed by atoms with Crippen molar-refractivity contribution >= 4 is 23.6 Å². The van der Waals surface area contributed by atoms with Crippen LogP contribution in [0.3, 0.4) is 0 Å². The number of carboxylic acids is 1. The van der Waals surface area contributed by atoms with Crippen molar-refractivity contribution in [3.05, 3.63) is 35.4 Å². The number of benzene rings is 1. The van der Waals surface area contributed by atoms with Crippen molar-refractivity contribution in [2.45, 2.75) is 12.5 Å². The van der Waals surface area contributed by atoms with Crippen LogP contribution in [0, 0.1) is 11.3 Å². The van der Waals surface area contributed by atoms with E-state index in [9.17, 15) is 14.7 Å². The number of thioether (sulfide) groups is 1. The summed E-state index contributed by atoms with van der Waals surface area (Å²) in [6, 6.07) is 9.28. The summed E-state index contributed by atoms with van der Waals surface area (Å²) in [5.41, 5.74) is 1.67. The molecule has 5 nitrogen and oxygen atoms in total. The molecule has 0 fully saturated rings. The van der Waals surface area contributed by atoms with E-state index in [1.165, 1.54) is 11.8 Å². The maximum atomic E-state index is 12.1. The Balaban J connectivity index is 2.14. The summed E-state index contributed by atoms with van der Waals surface area (Å²) in [6.45, 7) is 0.629. The molecule has 1 aliphatic rings. The third kappa shape index (κ3) is 3.11. The van der Waals surface area contributed by atoms with E-state index in [4.69, 9.17) is 5.26 Å². The number of nitrogens with zero attached hydrogens (tertiary/aromatic N) is 2. The molecular formula is C14H14N2O3S. The molecule has 0 saturated carbocycles. The van der Waals surface area contributed by atoms with Crippen molar-refractivity contribution in [3.8, 4) is 6.07 Å². The third-order valence-corrected chi connectivity index (χ3v) is 4.02. The topological polar surface area (TPSA) is 81.4 Å². The van der Waals surface area contributed by atoms with Gasteiger partial charge in [-0.05, 0) is 11.1 Å². The normalized spacial score (nSPS) is 17.1. The summed E-state index contributed by atoms with van der Waals surface area (Å²) in [5, 5.41) is 17.8. The Hall–Kier alpha value is -2.00. The lowest BCUT2D eigenvalue weighted by Gasteiger charge is -2.32. The minimum absolute atomic E-state index is 0.119. The van der Waals surface area contributed by atoms with Gasteiger partial charge >= 0.3 is 5.97 Å². The highest BCUT2D eigenvalue weighted by Gasteiger charge is 2.32. The molecule has 0 radical (unpaired) electrons. The van der Waals surface area contributed by atoms with E-state index in [2.05, 4.69) is 0 Å². The number of carboxylic acid groups (broad SMARTS) is 1. The smallest absolute Gasteiger partial charge is 0.312 e. The highest BCUT2D eigenvalue weighted by Crippen LogP contribution is 2.28. The Morgan fingerprint density at radius 3 is 2.90 bits per heavy atom. The van der Waals surface area contributed by atoms with Crippen LogP contribution in [0.25, 0.3) is 0 Å². The van der Waals surface area contributed by atoms with Gasteiger partial charge in [-0.3, -0.25) is 9.59 Å². The molecule has 0 aliphatic carbocycles. The number of nitriles is 1.